The molecule has 3 aromatic carbocycles. The highest BCUT2D eigenvalue weighted by atomic mass is 35.5. The molecule has 2 heterocycles. The van der Waals surface area contributed by atoms with Crippen LogP contribution in [0, 0.1) is 11.6 Å². The van der Waals surface area contributed by atoms with E-state index in [1.165, 1.54) is 43.8 Å². The topological polar surface area (TPSA) is 79.4 Å². The zero-order valence-electron chi connectivity index (χ0n) is 18.9. The average molecular weight is 530 g/mol. The van der Waals surface area contributed by atoms with Crippen LogP contribution < -0.4 is 20.3 Å². The summed E-state index contributed by atoms with van der Waals surface area (Å²) < 4.78 is 32.8. The second-order valence-corrected chi connectivity index (χ2v) is 8.92. The molecule has 184 valence electrons. The summed E-state index contributed by atoms with van der Waals surface area (Å²) in [6.45, 7) is 0. The molecule has 2 N–H and O–H groups in total. The van der Waals surface area contributed by atoms with Crippen molar-refractivity contribution in [1.82, 2.24) is 9.97 Å². The highest BCUT2D eigenvalue weighted by Crippen LogP contribution is 2.39. The van der Waals surface area contributed by atoms with Crippen LogP contribution in [0.5, 0.6) is 5.75 Å². The smallest absolute Gasteiger partial charge is 0.228 e. The van der Waals surface area contributed by atoms with Crippen molar-refractivity contribution < 1.29 is 18.3 Å². The van der Waals surface area contributed by atoms with Crippen molar-refractivity contribution in [3.63, 3.8) is 0 Å². The summed E-state index contributed by atoms with van der Waals surface area (Å²) in [5.41, 5.74) is 2.18. The van der Waals surface area contributed by atoms with Gasteiger partial charge in [-0.3, -0.25) is 9.69 Å². The summed E-state index contributed by atoms with van der Waals surface area (Å²) in [6, 6.07) is 12.0. The first-order valence-electron chi connectivity index (χ1n) is 10.9. The molecule has 5 rings (SSSR count). The van der Waals surface area contributed by atoms with E-state index >= 15 is 0 Å². The highest BCUT2D eigenvalue weighted by Gasteiger charge is 2.34. The summed E-state index contributed by atoms with van der Waals surface area (Å²) in [6.07, 6.45) is 1.78. The molecule has 0 saturated carbocycles. The molecular weight excluding hydrogens is 511 g/mol. The van der Waals surface area contributed by atoms with Gasteiger partial charge in [0.25, 0.3) is 0 Å². The molecule has 0 radical (unpaired) electrons. The number of amides is 1. The molecule has 4 aromatic rings. The third-order valence-electron chi connectivity index (χ3n) is 5.84. The number of nitrogens with zero attached hydrogens (tertiary/aromatic N) is 3. The van der Waals surface area contributed by atoms with E-state index in [9.17, 15) is 13.6 Å². The van der Waals surface area contributed by atoms with E-state index < -0.39 is 17.8 Å². The number of halogens is 4. The van der Waals surface area contributed by atoms with Crippen LogP contribution >= 0.6 is 23.2 Å². The lowest BCUT2D eigenvalue weighted by molar-refractivity contribution is -0.117. The minimum atomic E-state index is -0.532. The van der Waals surface area contributed by atoms with Crippen LogP contribution in [-0.4, -0.2) is 29.2 Å². The van der Waals surface area contributed by atoms with E-state index in [0.717, 1.165) is 0 Å². The van der Waals surface area contributed by atoms with Crippen LogP contribution in [-0.2, 0) is 4.79 Å². The van der Waals surface area contributed by atoms with Crippen molar-refractivity contribution in [1.29, 1.82) is 0 Å². The Bertz CT molecular complexity index is 1490. The molecule has 1 amide bonds. The molecule has 1 saturated heterocycles. The van der Waals surface area contributed by atoms with Crippen LogP contribution in [0.15, 0.2) is 54.9 Å². The van der Waals surface area contributed by atoms with Crippen LogP contribution in [0.25, 0.3) is 10.9 Å². The molecule has 0 spiro atoms. The van der Waals surface area contributed by atoms with Crippen molar-refractivity contribution in [3.05, 3.63) is 76.5 Å². The molecule has 1 atom stereocenters. The first-order valence-corrected chi connectivity index (χ1v) is 11.7. The van der Waals surface area contributed by atoms with Crippen molar-refractivity contribution in [2.75, 3.05) is 22.6 Å². The van der Waals surface area contributed by atoms with Gasteiger partial charge in [-0.15, -0.1) is 0 Å². The lowest BCUT2D eigenvalue weighted by Gasteiger charge is -2.28. The van der Waals surface area contributed by atoms with Gasteiger partial charge in [0.1, 0.15) is 35.7 Å². The van der Waals surface area contributed by atoms with Gasteiger partial charge in [-0.25, -0.2) is 18.7 Å². The lowest BCUT2D eigenvalue weighted by Crippen LogP contribution is -2.38. The second kappa shape index (κ2) is 9.75. The number of methoxy groups -OCH3 is 1. The molecule has 0 bridgehead atoms. The Morgan fingerprint density at radius 2 is 1.69 bits per heavy atom. The Kier molecular flexibility index (Phi) is 6.51. The fraction of sp³-hybridized carbons (Fsp3) is 0.160. The number of fused-ring (bicyclic) bond motifs is 1. The van der Waals surface area contributed by atoms with E-state index in [0.29, 0.717) is 52.4 Å². The third-order valence-corrected chi connectivity index (χ3v) is 6.42. The van der Waals surface area contributed by atoms with Crippen molar-refractivity contribution in [2.24, 2.45) is 0 Å². The summed E-state index contributed by atoms with van der Waals surface area (Å²) in [7, 11) is 1.51. The number of carbonyl (C=O) groups is 1. The summed E-state index contributed by atoms with van der Waals surface area (Å²) in [4.78, 5) is 23.3. The standard InChI is InChI=1S/C25H19Cl2F2N5O2/c1-36-22-11-20-15(25(31-12-30-20)33-14-3-5-19(29)17(27)9-14)10-21(22)34-23(6-7-24(34)35)32-13-2-4-18(28)16(26)8-13/h2-5,8-12,23,32H,6-7H2,1H3,(H,30,31,33). The average Bonchev–Trinajstić information content (AvgIpc) is 3.22. The van der Waals surface area contributed by atoms with Crippen LogP contribution in [0.1, 0.15) is 12.8 Å². The molecular formula is C25H19Cl2F2N5O2. The number of ether oxygens (including phenoxy) is 1. The molecule has 1 unspecified atom stereocenters. The quantitative estimate of drug-likeness (QED) is 0.295. The van der Waals surface area contributed by atoms with Gasteiger partial charge in [0.05, 0.1) is 28.4 Å². The molecule has 0 aliphatic carbocycles. The summed E-state index contributed by atoms with van der Waals surface area (Å²) in [5.74, 6) is -0.296. The fourth-order valence-corrected chi connectivity index (χ4v) is 4.50. The number of benzene rings is 3. The van der Waals surface area contributed by atoms with Gasteiger partial charge in [0, 0.05) is 29.2 Å². The Labute approximate surface area is 215 Å². The predicted molar refractivity (Wildman–Crippen MR) is 136 cm³/mol. The molecule has 36 heavy (non-hydrogen) atoms. The van der Waals surface area contributed by atoms with Crippen LogP contribution in [0.4, 0.5) is 31.7 Å². The van der Waals surface area contributed by atoms with Gasteiger partial charge in [-0.05, 0) is 48.9 Å². The van der Waals surface area contributed by atoms with Gasteiger partial charge >= 0.3 is 0 Å². The molecule has 7 nitrogen and oxygen atoms in total. The van der Waals surface area contributed by atoms with E-state index in [4.69, 9.17) is 27.9 Å². The normalized spacial score (nSPS) is 15.4. The molecule has 1 aliphatic heterocycles. The van der Waals surface area contributed by atoms with Gasteiger partial charge in [-0.1, -0.05) is 23.2 Å². The summed E-state index contributed by atoms with van der Waals surface area (Å²) in [5, 5.41) is 6.94. The third kappa shape index (κ3) is 4.59. The van der Waals surface area contributed by atoms with Crippen molar-refractivity contribution in [2.45, 2.75) is 19.0 Å². The molecule has 1 aliphatic rings. The van der Waals surface area contributed by atoms with Gasteiger partial charge in [-0.2, -0.15) is 0 Å². The Morgan fingerprint density at radius 3 is 2.39 bits per heavy atom. The van der Waals surface area contributed by atoms with Gasteiger partial charge in [0.2, 0.25) is 5.91 Å². The van der Waals surface area contributed by atoms with Crippen molar-refractivity contribution in [3.8, 4) is 5.75 Å². The van der Waals surface area contributed by atoms with Gasteiger partial charge < -0.3 is 15.4 Å². The monoisotopic (exact) mass is 529 g/mol. The molecule has 11 heteroatoms. The number of hydrogen-bond donors (Lipinski definition) is 2. The van der Waals surface area contributed by atoms with E-state index in [1.807, 2.05) is 0 Å². The minimum absolute atomic E-state index is 0.0204. The number of hydrogen-bond acceptors (Lipinski definition) is 6. The van der Waals surface area contributed by atoms with Crippen LogP contribution in [0.2, 0.25) is 10.0 Å². The maximum Gasteiger partial charge on any atom is 0.228 e. The predicted octanol–water partition coefficient (Wildman–Crippen LogP) is 6.53. The van der Waals surface area contributed by atoms with E-state index in [1.54, 1.807) is 23.1 Å². The zero-order chi connectivity index (χ0) is 25.4. The maximum absolute atomic E-state index is 13.6. The number of aromatic nitrogens is 2. The highest BCUT2D eigenvalue weighted by molar-refractivity contribution is 6.31. The largest absolute Gasteiger partial charge is 0.494 e. The number of carbonyl (C=O) groups excluding carboxylic acids is 1. The minimum Gasteiger partial charge on any atom is -0.494 e. The number of nitrogens with one attached hydrogen (secondary N) is 2. The number of rotatable bonds is 6. The first kappa shape index (κ1) is 24.0. The van der Waals surface area contributed by atoms with Crippen LogP contribution in [0.3, 0.4) is 0 Å². The van der Waals surface area contributed by atoms with E-state index in [2.05, 4.69) is 20.6 Å². The first-order chi connectivity index (χ1) is 17.3. The Hall–Kier alpha value is -3.69. The second-order valence-electron chi connectivity index (χ2n) is 8.11. The maximum atomic E-state index is 13.6. The Morgan fingerprint density at radius 1 is 1.00 bits per heavy atom. The van der Waals surface area contributed by atoms with Gasteiger partial charge in [0.15, 0.2) is 0 Å². The molecule has 1 aromatic heterocycles. The van der Waals surface area contributed by atoms with E-state index in [-0.39, 0.29) is 16.0 Å². The number of anilines is 4. The molecule has 1 fully saturated rings. The van der Waals surface area contributed by atoms with Crippen molar-refractivity contribution >= 4 is 62.9 Å². The SMILES string of the molecule is COc1cc2ncnc(Nc3ccc(F)c(Cl)c3)c2cc1N1C(=O)CCC1Nc1ccc(F)c(Cl)c1. The fourth-order valence-electron chi connectivity index (χ4n) is 4.14. The zero-order valence-corrected chi connectivity index (χ0v) is 20.4. The summed E-state index contributed by atoms with van der Waals surface area (Å²) >= 11 is 11.9. The Balaban J connectivity index is 1.55. The lowest BCUT2D eigenvalue weighted by atomic mass is 10.1.